The minimum Gasteiger partial charge on any atom is -0.348 e. The third-order valence-corrected chi connectivity index (χ3v) is 2.83. The molecule has 0 atom stereocenters. The maximum Gasteiger partial charge on any atom is 0.405 e. The lowest BCUT2D eigenvalue weighted by Crippen LogP contribution is -2.35. The average molecular weight is 307 g/mol. The van der Waals surface area contributed by atoms with Crippen LogP contribution >= 0.6 is 0 Å². The second kappa shape index (κ2) is 7.59. The molecule has 1 aromatic heterocycles. The lowest BCUT2D eigenvalue weighted by atomic mass is 10.2. The van der Waals surface area contributed by atoms with Crippen molar-refractivity contribution >= 4 is 5.82 Å². The van der Waals surface area contributed by atoms with Gasteiger partial charge in [0.25, 0.3) is 0 Å². The van der Waals surface area contributed by atoms with Gasteiger partial charge in [-0.15, -0.1) is 0 Å². The Balaban J connectivity index is 2.93. The number of nitrogens with one attached hydrogen (secondary N) is 1. The van der Waals surface area contributed by atoms with Crippen molar-refractivity contribution in [2.45, 2.75) is 33.5 Å². The van der Waals surface area contributed by atoms with Gasteiger partial charge in [-0.3, -0.25) is 0 Å². The van der Waals surface area contributed by atoms with Crippen LogP contribution in [0, 0.1) is 11.7 Å². The Kier molecular flexibility index (Phi) is 6.39. The molecule has 1 rings (SSSR count). The molecule has 1 aromatic rings. The summed E-state index contributed by atoms with van der Waals surface area (Å²) >= 11 is 0. The molecular formula is C14H21F4N3. The molecule has 0 unspecified atom stereocenters. The normalized spacial score (nSPS) is 12.0. The summed E-state index contributed by atoms with van der Waals surface area (Å²) in [7, 11) is 0. The van der Waals surface area contributed by atoms with E-state index in [2.05, 4.69) is 10.3 Å². The Hall–Kier alpha value is -1.37. The van der Waals surface area contributed by atoms with Crippen LogP contribution in [0.3, 0.4) is 0 Å². The summed E-state index contributed by atoms with van der Waals surface area (Å²) in [6.07, 6.45) is -3.38. The molecular weight excluding hydrogens is 286 g/mol. The molecule has 3 nitrogen and oxygen atoms in total. The maximum absolute atomic E-state index is 13.3. The van der Waals surface area contributed by atoms with Crippen LogP contribution < -0.4 is 10.2 Å². The Morgan fingerprint density at radius 3 is 2.52 bits per heavy atom. The van der Waals surface area contributed by atoms with Gasteiger partial charge in [0.1, 0.15) is 18.2 Å². The predicted octanol–water partition coefficient (Wildman–Crippen LogP) is 3.35. The third kappa shape index (κ3) is 6.29. The Morgan fingerprint density at radius 1 is 1.33 bits per heavy atom. The molecule has 0 aliphatic carbocycles. The molecule has 0 amide bonds. The second-order valence-electron chi connectivity index (χ2n) is 5.29. The average Bonchev–Trinajstić information content (AvgIpc) is 2.35. The highest BCUT2D eigenvalue weighted by atomic mass is 19.4. The molecule has 21 heavy (non-hydrogen) atoms. The number of nitrogens with zero attached hydrogens (tertiary/aromatic N) is 2. The van der Waals surface area contributed by atoms with Crippen molar-refractivity contribution in [2.75, 3.05) is 24.5 Å². The molecule has 0 aromatic carbocycles. The summed E-state index contributed by atoms with van der Waals surface area (Å²) < 4.78 is 51.1. The van der Waals surface area contributed by atoms with Gasteiger partial charge < -0.3 is 10.2 Å². The smallest absolute Gasteiger partial charge is 0.348 e. The highest BCUT2D eigenvalue weighted by molar-refractivity contribution is 5.47. The summed E-state index contributed by atoms with van der Waals surface area (Å²) in [4.78, 5) is 4.95. The predicted molar refractivity (Wildman–Crippen MR) is 74.7 cm³/mol. The van der Waals surface area contributed by atoms with E-state index in [1.54, 1.807) is 6.92 Å². The van der Waals surface area contributed by atoms with E-state index in [0.29, 0.717) is 18.0 Å². The molecule has 7 heteroatoms. The van der Waals surface area contributed by atoms with Gasteiger partial charge in [0.2, 0.25) is 0 Å². The summed E-state index contributed by atoms with van der Waals surface area (Å²) in [5, 5.41) is 3.10. The number of hydrogen-bond donors (Lipinski definition) is 1. The van der Waals surface area contributed by atoms with E-state index in [1.807, 2.05) is 13.8 Å². The van der Waals surface area contributed by atoms with Crippen molar-refractivity contribution in [1.82, 2.24) is 10.3 Å². The number of hydrogen-bond acceptors (Lipinski definition) is 3. The fourth-order valence-corrected chi connectivity index (χ4v) is 1.94. The van der Waals surface area contributed by atoms with Gasteiger partial charge in [-0.05, 0) is 25.5 Å². The number of anilines is 1. The summed E-state index contributed by atoms with van der Waals surface area (Å²) in [6.45, 7) is 5.67. The first-order valence-corrected chi connectivity index (χ1v) is 6.89. The van der Waals surface area contributed by atoms with E-state index in [-0.39, 0.29) is 18.9 Å². The van der Waals surface area contributed by atoms with Gasteiger partial charge in [0, 0.05) is 18.7 Å². The largest absolute Gasteiger partial charge is 0.405 e. The van der Waals surface area contributed by atoms with E-state index in [9.17, 15) is 17.6 Å². The number of alkyl halides is 3. The molecule has 0 fully saturated rings. The van der Waals surface area contributed by atoms with Crippen LogP contribution in [-0.2, 0) is 6.54 Å². The fraction of sp³-hybridized carbons (Fsp3) is 0.643. The van der Waals surface area contributed by atoms with Crippen LogP contribution in [0.25, 0.3) is 0 Å². The molecule has 0 aliphatic rings. The second-order valence-corrected chi connectivity index (χ2v) is 5.29. The molecule has 120 valence electrons. The van der Waals surface area contributed by atoms with Crippen molar-refractivity contribution in [2.24, 2.45) is 5.92 Å². The highest BCUT2D eigenvalue weighted by Crippen LogP contribution is 2.24. The number of halogens is 4. The monoisotopic (exact) mass is 307 g/mol. The molecule has 0 saturated carbocycles. The van der Waals surface area contributed by atoms with Crippen molar-refractivity contribution < 1.29 is 17.6 Å². The SMILES string of the molecule is CCN(CC(F)(F)F)c1ncc(F)cc1CNCC(C)C. The van der Waals surface area contributed by atoms with Gasteiger partial charge in [0.05, 0.1) is 6.20 Å². The van der Waals surface area contributed by atoms with E-state index < -0.39 is 18.5 Å². The van der Waals surface area contributed by atoms with Crippen LogP contribution in [-0.4, -0.2) is 30.8 Å². The van der Waals surface area contributed by atoms with Crippen LogP contribution in [0.4, 0.5) is 23.4 Å². The Labute approximate surface area is 122 Å². The van der Waals surface area contributed by atoms with Crippen LogP contribution in [0.1, 0.15) is 26.3 Å². The zero-order chi connectivity index (χ0) is 16.0. The summed E-state index contributed by atoms with van der Waals surface area (Å²) in [5.41, 5.74) is 0.432. The van der Waals surface area contributed by atoms with Gasteiger partial charge in [0.15, 0.2) is 0 Å². The minimum atomic E-state index is -4.32. The first kappa shape index (κ1) is 17.7. The van der Waals surface area contributed by atoms with E-state index in [1.165, 1.54) is 6.07 Å². The fourth-order valence-electron chi connectivity index (χ4n) is 1.94. The topological polar surface area (TPSA) is 28.2 Å². The highest BCUT2D eigenvalue weighted by Gasteiger charge is 2.31. The zero-order valence-electron chi connectivity index (χ0n) is 12.5. The molecule has 1 heterocycles. The van der Waals surface area contributed by atoms with Gasteiger partial charge in [-0.1, -0.05) is 13.8 Å². The van der Waals surface area contributed by atoms with Gasteiger partial charge in [-0.2, -0.15) is 13.2 Å². The number of pyridine rings is 1. The maximum atomic E-state index is 13.3. The lowest BCUT2D eigenvalue weighted by molar-refractivity contribution is -0.119. The van der Waals surface area contributed by atoms with E-state index >= 15 is 0 Å². The van der Waals surface area contributed by atoms with Crippen molar-refractivity contribution in [3.63, 3.8) is 0 Å². The van der Waals surface area contributed by atoms with Gasteiger partial charge >= 0.3 is 6.18 Å². The van der Waals surface area contributed by atoms with Crippen LogP contribution in [0.15, 0.2) is 12.3 Å². The zero-order valence-corrected chi connectivity index (χ0v) is 12.5. The quantitative estimate of drug-likeness (QED) is 0.783. The summed E-state index contributed by atoms with van der Waals surface area (Å²) in [6, 6.07) is 1.23. The summed E-state index contributed by atoms with van der Waals surface area (Å²) in [5.74, 6) is 0.0167. The van der Waals surface area contributed by atoms with E-state index in [4.69, 9.17) is 0 Å². The lowest BCUT2D eigenvalue weighted by Gasteiger charge is -2.25. The number of rotatable bonds is 7. The van der Waals surface area contributed by atoms with E-state index in [0.717, 1.165) is 11.1 Å². The standard InChI is InChI=1S/C14H21F4N3/c1-4-21(9-14(16,17)18)13-11(5-12(15)8-20-13)7-19-6-10(2)3/h5,8,10,19H,4,6-7,9H2,1-3H3. The first-order chi connectivity index (χ1) is 9.73. The van der Waals surface area contributed by atoms with Crippen molar-refractivity contribution in [3.8, 4) is 0 Å². The molecule has 0 spiro atoms. The molecule has 0 radical (unpaired) electrons. The molecule has 0 aliphatic heterocycles. The Bertz CT molecular complexity index is 446. The van der Waals surface area contributed by atoms with Crippen molar-refractivity contribution in [3.05, 3.63) is 23.6 Å². The minimum absolute atomic E-state index is 0.148. The Morgan fingerprint density at radius 2 is 2.00 bits per heavy atom. The van der Waals surface area contributed by atoms with Crippen molar-refractivity contribution in [1.29, 1.82) is 0 Å². The number of aromatic nitrogens is 1. The van der Waals surface area contributed by atoms with Gasteiger partial charge in [-0.25, -0.2) is 9.37 Å². The van der Waals surface area contributed by atoms with Crippen LogP contribution in [0.5, 0.6) is 0 Å². The third-order valence-electron chi connectivity index (χ3n) is 2.83. The first-order valence-electron chi connectivity index (χ1n) is 6.89. The van der Waals surface area contributed by atoms with Crippen LogP contribution in [0.2, 0.25) is 0 Å². The molecule has 1 N–H and O–H groups in total. The molecule has 0 saturated heterocycles. The molecule has 0 bridgehead atoms.